The normalized spacial score (nSPS) is 15.2. The van der Waals surface area contributed by atoms with Crippen molar-refractivity contribution in [2.75, 3.05) is 31.1 Å². The predicted molar refractivity (Wildman–Crippen MR) is 140 cm³/mol. The average Bonchev–Trinajstić information content (AvgIpc) is 3.18. The minimum absolute atomic E-state index is 0.0216. The van der Waals surface area contributed by atoms with Crippen molar-refractivity contribution in [1.29, 1.82) is 0 Å². The number of benzene rings is 2. The molecule has 0 fully saturated rings. The van der Waals surface area contributed by atoms with Crippen molar-refractivity contribution >= 4 is 17.5 Å². The van der Waals surface area contributed by atoms with Gasteiger partial charge in [-0.3, -0.25) is 14.5 Å². The van der Waals surface area contributed by atoms with Crippen LogP contribution in [0.1, 0.15) is 42.5 Å². The number of carbonyl (C=O) groups excluding carboxylic acids is 2. The van der Waals surface area contributed by atoms with Crippen LogP contribution in [0.25, 0.3) is 0 Å². The third-order valence-electron chi connectivity index (χ3n) is 6.74. The summed E-state index contributed by atoms with van der Waals surface area (Å²) in [5.74, 6) is 1.22. The van der Waals surface area contributed by atoms with E-state index in [1.807, 2.05) is 43.0 Å². The van der Waals surface area contributed by atoms with E-state index in [0.29, 0.717) is 51.5 Å². The van der Waals surface area contributed by atoms with Crippen molar-refractivity contribution in [3.8, 4) is 0 Å². The number of nitrogens with zero attached hydrogens (tertiary/aromatic N) is 6. The Hall–Kier alpha value is -3.59. The van der Waals surface area contributed by atoms with Crippen molar-refractivity contribution in [2.45, 2.75) is 53.2 Å². The van der Waals surface area contributed by atoms with Crippen LogP contribution in [0.15, 0.2) is 48.5 Å². The van der Waals surface area contributed by atoms with Gasteiger partial charge in [0.1, 0.15) is 17.5 Å². The first-order chi connectivity index (χ1) is 17.8. The molecule has 2 amide bonds. The molecule has 0 aliphatic carbocycles. The van der Waals surface area contributed by atoms with Gasteiger partial charge in [-0.15, -0.1) is 0 Å². The molecular weight excluding hydrogens is 471 g/mol. The van der Waals surface area contributed by atoms with E-state index in [1.165, 1.54) is 12.1 Å². The molecule has 37 heavy (non-hydrogen) atoms. The first-order valence-electron chi connectivity index (χ1n) is 12.8. The Morgan fingerprint density at radius 3 is 2.43 bits per heavy atom. The number of halogens is 1. The number of fused-ring (bicyclic) bond motifs is 1. The molecule has 2 aromatic carbocycles. The van der Waals surface area contributed by atoms with Gasteiger partial charge in [-0.25, -0.2) is 14.1 Å². The van der Waals surface area contributed by atoms with Crippen LogP contribution in [-0.4, -0.2) is 62.6 Å². The number of aromatic nitrogens is 3. The van der Waals surface area contributed by atoms with Crippen molar-refractivity contribution in [3.05, 3.63) is 77.1 Å². The Labute approximate surface area is 217 Å². The van der Waals surface area contributed by atoms with Crippen molar-refractivity contribution in [2.24, 2.45) is 0 Å². The lowest BCUT2D eigenvalue weighted by Crippen LogP contribution is -2.39. The largest absolute Gasteiger partial charge is 0.337 e. The molecule has 3 aromatic rings. The minimum atomic E-state index is -0.259. The zero-order valence-electron chi connectivity index (χ0n) is 21.9. The summed E-state index contributed by atoms with van der Waals surface area (Å²) in [6.45, 7) is 9.39. The summed E-state index contributed by atoms with van der Waals surface area (Å²) in [6.07, 6.45) is 1.09. The van der Waals surface area contributed by atoms with E-state index in [0.717, 1.165) is 35.6 Å². The van der Waals surface area contributed by atoms with Crippen LogP contribution in [-0.2, 0) is 29.2 Å². The Balaban J connectivity index is 1.57. The molecule has 0 bridgehead atoms. The van der Waals surface area contributed by atoms with Crippen molar-refractivity contribution < 1.29 is 14.0 Å². The summed E-state index contributed by atoms with van der Waals surface area (Å²) < 4.78 is 15.2. The third-order valence-corrected chi connectivity index (χ3v) is 6.74. The zero-order chi connectivity index (χ0) is 26.4. The van der Waals surface area contributed by atoms with Crippen LogP contribution < -0.4 is 4.90 Å². The molecule has 1 aromatic heterocycles. The Bertz CT molecular complexity index is 1230. The molecule has 0 saturated heterocycles. The van der Waals surface area contributed by atoms with E-state index in [1.54, 1.807) is 28.6 Å². The monoisotopic (exact) mass is 506 g/mol. The molecule has 0 saturated carbocycles. The van der Waals surface area contributed by atoms with Crippen molar-refractivity contribution in [3.63, 3.8) is 0 Å². The van der Waals surface area contributed by atoms with Gasteiger partial charge < -0.3 is 9.80 Å². The smallest absolute Gasteiger partial charge is 0.224 e. The summed E-state index contributed by atoms with van der Waals surface area (Å²) in [7, 11) is 0. The molecule has 1 aliphatic rings. The summed E-state index contributed by atoms with van der Waals surface area (Å²) in [4.78, 5) is 36.4. The van der Waals surface area contributed by atoms with Crippen LogP contribution in [0.3, 0.4) is 0 Å². The molecule has 4 rings (SSSR count). The summed E-state index contributed by atoms with van der Waals surface area (Å²) in [5.41, 5.74) is 2.81. The maximum atomic E-state index is 13.5. The van der Waals surface area contributed by atoms with Crippen molar-refractivity contribution in [1.82, 2.24) is 24.6 Å². The highest BCUT2D eigenvalue weighted by Gasteiger charge is 2.22. The second-order valence-corrected chi connectivity index (χ2v) is 9.55. The molecule has 0 radical (unpaired) electrons. The van der Waals surface area contributed by atoms with E-state index in [4.69, 9.17) is 0 Å². The number of para-hydroxylation sites is 1. The highest BCUT2D eigenvalue weighted by molar-refractivity contribution is 5.92. The zero-order valence-corrected chi connectivity index (χ0v) is 21.9. The van der Waals surface area contributed by atoms with Gasteiger partial charge in [0.2, 0.25) is 11.8 Å². The summed E-state index contributed by atoms with van der Waals surface area (Å²) >= 11 is 0. The number of aryl methyl sites for hydroxylation is 3. The standard InChI is InChI=1S/C28H35FN6O2/c1-21-30-22(2)35(31-21)16-13-28(37)33-18-17-32(19-24-9-11-26(29)12-10-24)14-6-15-34(23(3)36)27-8-5-4-7-25(27)20-33/h4-5,7-12H,6,13-20H2,1-3H3. The molecule has 0 unspecified atom stereocenters. The molecule has 2 heterocycles. The first-order valence-corrected chi connectivity index (χ1v) is 12.8. The minimum Gasteiger partial charge on any atom is -0.337 e. The van der Waals surface area contributed by atoms with E-state index < -0.39 is 0 Å². The molecule has 9 heteroatoms. The molecule has 0 spiro atoms. The van der Waals surface area contributed by atoms with Gasteiger partial charge in [-0.2, -0.15) is 5.10 Å². The highest BCUT2D eigenvalue weighted by Crippen LogP contribution is 2.24. The molecule has 8 nitrogen and oxygen atoms in total. The predicted octanol–water partition coefficient (Wildman–Crippen LogP) is 3.71. The van der Waals surface area contributed by atoms with E-state index >= 15 is 0 Å². The average molecular weight is 507 g/mol. The molecule has 0 atom stereocenters. The van der Waals surface area contributed by atoms with E-state index in [9.17, 15) is 14.0 Å². The number of rotatable bonds is 5. The number of hydrogen-bond donors (Lipinski definition) is 0. The molecule has 1 aliphatic heterocycles. The lowest BCUT2D eigenvalue weighted by atomic mass is 10.1. The maximum absolute atomic E-state index is 13.5. The van der Waals surface area contributed by atoms with Gasteiger partial charge in [0.05, 0.1) is 6.54 Å². The Morgan fingerprint density at radius 1 is 0.973 bits per heavy atom. The number of amides is 2. The van der Waals surface area contributed by atoms with Crippen LogP contribution in [0.4, 0.5) is 10.1 Å². The second-order valence-electron chi connectivity index (χ2n) is 9.55. The van der Waals surface area contributed by atoms with Crippen LogP contribution >= 0.6 is 0 Å². The lowest BCUT2D eigenvalue weighted by Gasteiger charge is -2.28. The fourth-order valence-electron chi connectivity index (χ4n) is 4.82. The van der Waals surface area contributed by atoms with Gasteiger partial charge in [0, 0.05) is 58.3 Å². The van der Waals surface area contributed by atoms with Gasteiger partial charge in [-0.05, 0) is 49.6 Å². The van der Waals surface area contributed by atoms with Crippen LogP contribution in [0, 0.1) is 19.7 Å². The number of carbonyl (C=O) groups is 2. The SMILES string of the molecule is CC(=O)N1CCCN(Cc2ccc(F)cc2)CCN(C(=O)CCn2nc(C)nc2C)Cc2ccccc21. The summed E-state index contributed by atoms with van der Waals surface area (Å²) in [6, 6.07) is 14.4. The molecule has 196 valence electrons. The van der Waals surface area contributed by atoms with E-state index in [-0.39, 0.29) is 17.6 Å². The lowest BCUT2D eigenvalue weighted by molar-refractivity contribution is -0.132. The van der Waals surface area contributed by atoms with Gasteiger partial charge in [0.25, 0.3) is 0 Å². The van der Waals surface area contributed by atoms with Crippen LogP contribution in [0.2, 0.25) is 0 Å². The second kappa shape index (κ2) is 12.1. The number of anilines is 1. The first kappa shape index (κ1) is 26.5. The molecule has 0 N–H and O–H groups in total. The molecular formula is C28H35FN6O2. The Kier molecular flexibility index (Phi) is 8.66. The summed E-state index contributed by atoms with van der Waals surface area (Å²) in [5, 5.41) is 4.39. The topological polar surface area (TPSA) is 74.6 Å². The fourth-order valence-corrected chi connectivity index (χ4v) is 4.82. The van der Waals surface area contributed by atoms with Gasteiger partial charge >= 0.3 is 0 Å². The number of hydrogen-bond acceptors (Lipinski definition) is 5. The Morgan fingerprint density at radius 2 is 1.73 bits per heavy atom. The van der Waals surface area contributed by atoms with Gasteiger partial charge in [0.15, 0.2) is 0 Å². The maximum Gasteiger partial charge on any atom is 0.224 e. The van der Waals surface area contributed by atoms with Gasteiger partial charge in [-0.1, -0.05) is 30.3 Å². The third kappa shape index (κ3) is 7.01. The van der Waals surface area contributed by atoms with Crippen LogP contribution in [0.5, 0.6) is 0 Å². The highest BCUT2D eigenvalue weighted by atomic mass is 19.1. The van der Waals surface area contributed by atoms with E-state index in [2.05, 4.69) is 15.0 Å². The fraction of sp³-hybridized carbons (Fsp3) is 0.429. The quantitative estimate of drug-likeness (QED) is 0.528.